The monoisotopic (exact) mass is 304 g/mol. The molecule has 1 saturated heterocycles. The number of hydrogen-bond donors (Lipinski definition) is 1. The molecule has 2 rings (SSSR count). The standard InChI is InChI=1S/C18H28N2O2/c1-5-13-6-8-14(9-7-13)16(19)15-10-11-20(12-15)17(21)22-18(2,3)4/h6-9,15-16H,5,10-12,19H2,1-4H3. The van der Waals surface area contributed by atoms with E-state index in [2.05, 4.69) is 31.2 Å². The molecule has 22 heavy (non-hydrogen) atoms. The molecular formula is C18H28N2O2. The number of carbonyl (C=O) groups excluding carboxylic acids is 1. The number of rotatable bonds is 3. The Kier molecular flexibility index (Phi) is 5.12. The molecule has 4 heteroatoms. The van der Waals surface area contributed by atoms with E-state index in [1.807, 2.05) is 20.8 Å². The van der Waals surface area contributed by atoms with Crippen molar-refractivity contribution in [2.24, 2.45) is 11.7 Å². The van der Waals surface area contributed by atoms with Crippen molar-refractivity contribution in [1.82, 2.24) is 4.90 Å². The first kappa shape index (κ1) is 16.8. The van der Waals surface area contributed by atoms with Crippen molar-refractivity contribution in [3.63, 3.8) is 0 Å². The number of ether oxygens (including phenoxy) is 1. The predicted molar refractivity (Wildman–Crippen MR) is 88.7 cm³/mol. The van der Waals surface area contributed by atoms with Crippen molar-refractivity contribution in [2.45, 2.75) is 52.2 Å². The van der Waals surface area contributed by atoms with Crippen LogP contribution in [-0.4, -0.2) is 29.7 Å². The van der Waals surface area contributed by atoms with Crippen molar-refractivity contribution in [3.05, 3.63) is 35.4 Å². The van der Waals surface area contributed by atoms with Crippen molar-refractivity contribution < 1.29 is 9.53 Å². The second-order valence-corrected chi connectivity index (χ2v) is 7.10. The summed E-state index contributed by atoms with van der Waals surface area (Å²) in [5.74, 6) is 0.292. The second kappa shape index (κ2) is 6.69. The minimum Gasteiger partial charge on any atom is -0.444 e. The molecule has 2 N–H and O–H groups in total. The van der Waals surface area contributed by atoms with Gasteiger partial charge in [0.1, 0.15) is 5.60 Å². The average Bonchev–Trinajstić information content (AvgIpc) is 2.95. The molecular weight excluding hydrogens is 276 g/mol. The van der Waals surface area contributed by atoms with Crippen molar-refractivity contribution in [2.75, 3.05) is 13.1 Å². The molecule has 2 unspecified atom stereocenters. The average molecular weight is 304 g/mol. The van der Waals surface area contributed by atoms with Gasteiger partial charge in [-0.15, -0.1) is 0 Å². The van der Waals surface area contributed by atoms with Crippen molar-refractivity contribution in [1.29, 1.82) is 0 Å². The summed E-state index contributed by atoms with van der Waals surface area (Å²) in [5.41, 5.74) is 8.42. The van der Waals surface area contributed by atoms with E-state index in [1.165, 1.54) is 5.56 Å². The molecule has 122 valence electrons. The van der Waals surface area contributed by atoms with E-state index in [0.29, 0.717) is 12.5 Å². The summed E-state index contributed by atoms with van der Waals surface area (Å²) in [6.45, 7) is 9.20. The highest BCUT2D eigenvalue weighted by Crippen LogP contribution is 2.29. The van der Waals surface area contributed by atoms with E-state index in [0.717, 1.165) is 24.9 Å². The summed E-state index contributed by atoms with van der Waals surface area (Å²) < 4.78 is 5.43. The third-order valence-electron chi connectivity index (χ3n) is 4.16. The van der Waals surface area contributed by atoms with E-state index in [-0.39, 0.29) is 12.1 Å². The molecule has 0 saturated carbocycles. The fourth-order valence-electron chi connectivity index (χ4n) is 2.82. The van der Waals surface area contributed by atoms with Gasteiger partial charge in [-0.05, 0) is 50.7 Å². The maximum absolute atomic E-state index is 12.1. The summed E-state index contributed by atoms with van der Waals surface area (Å²) in [6, 6.07) is 8.46. The fourth-order valence-corrected chi connectivity index (χ4v) is 2.82. The highest BCUT2D eigenvalue weighted by atomic mass is 16.6. The van der Waals surface area contributed by atoms with Gasteiger partial charge < -0.3 is 15.4 Å². The molecule has 4 nitrogen and oxygen atoms in total. The number of amides is 1. The van der Waals surface area contributed by atoms with Crippen LogP contribution in [0.4, 0.5) is 4.79 Å². The Morgan fingerprint density at radius 2 is 2.00 bits per heavy atom. The molecule has 1 fully saturated rings. The number of carbonyl (C=O) groups is 1. The number of aryl methyl sites for hydroxylation is 1. The summed E-state index contributed by atoms with van der Waals surface area (Å²) >= 11 is 0. The second-order valence-electron chi connectivity index (χ2n) is 7.10. The first-order valence-corrected chi connectivity index (χ1v) is 8.12. The van der Waals surface area contributed by atoms with Gasteiger partial charge in [0, 0.05) is 19.1 Å². The normalized spacial score (nSPS) is 20.0. The highest BCUT2D eigenvalue weighted by Gasteiger charge is 2.33. The lowest BCUT2D eigenvalue weighted by Gasteiger charge is -2.25. The van der Waals surface area contributed by atoms with Crippen LogP contribution in [0.2, 0.25) is 0 Å². The van der Waals surface area contributed by atoms with E-state index in [1.54, 1.807) is 4.90 Å². The molecule has 1 amide bonds. The van der Waals surface area contributed by atoms with E-state index >= 15 is 0 Å². The number of hydrogen-bond acceptors (Lipinski definition) is 3. The quantitative estimate of drug-likeness (QED) is 0.929. The number of nitrogens with zero attached hydrogens (tertiary/aromatic N) is 1. The van der Waals surface area contributed by atoms with Gasteiger partial charge in [-0.2, -0.15) is 0 Å². The minimum atomic E-state index is -0.451. The topological polar surface area (TPSA) is 55.6 Å². The maximum atomic E-state index is 12.1. The lowest BCUT2D eigenvalue weighted by Crippen LogP contribution is -2.36. The molecule has 1 heterocycles. The molecule has 0 radical (unpaired) electrons. The Labute approximate surface area is 133 Å². The molecule has 0 bridgehead atoms. The first-order valence-electron chi connectivity index (χ1n) is 8.12. The lowest BCUT2D eigenvalue weighted by atomic mass is 9.92. The van der Waals surface area contributed by atoms with E-state index in [9.17, 15) is 4.79 Å². The molecule has 1 aromatic rings. The van der Waals surface area contributed by atoms with Gasteiger partial charge in [-0.3, -0.25) is 0 Å². The van der Waals surface area contributed by atoms with Gasteiger partial charge in [0.15, 0.2) is 0 Å². The fraction of sp³-hybridized carbons (Fsp3) is 0.611. The first-order chi connectivity index (χ1) is 10.3. The summed E-state index contributed by atoms with van der Waals surface area (Å²) in [6.07, 6.45) is 1.73. The Balaban J connectivity index is 1.95. The molecule has 2 atom stereocenters. The zero-order chi connectivity index (χ0) is 16.3. The van der Waals surface area contributed by atoms with Crippen LogP contribution in [0, 0.1) is 5.92 Å². The van der Waals surface area contributed by atoms with Gasteiger partial charge in [0.2, 0.25) is 0 Å². The number of benzene rings is 1. The molecule has 0 aliphatic carbocycles. The van der Waals surface area contributed by atoms with Crippen LogP contribution < -0.4 is 5.73 Å². The van der Waals surface area contributed by atoms with Gasteiger partial charge in [-0.25, -0.2) is 4.79 Å². The molecule has 1 aliphatic rings. The largest absolute Gasteiger partial charge is 0.444 e. The van der Waals surface area contributed by atoms with E-state index < -0.39 is 5.60 Å². The van der Waals surface area contributed by atoms with E-state index in [4.69, 9.17) is 10.5 Å². The van der Waals surface area contributed by atoms with Gasteiger partial charge in [-0.1, -0.05) is 31.2 Å². The maximum Gasteiger partial charge on any atom is 0.410 e. The lowest BCUT2D eigenvalue weighted by molar-refractivity contribution is 0.0286. The Hall–Kier alpha value is -1.55. The van der Waals surface area contributed by atoms with Gasteiger partial charge in [0.25, 0.3) is 0 Å². The highest BCUT2D eigenvalue weighted by molar-refractivity contribution is 5.68. The Bertz CT molecular complexity index is 505. The molecule has 1 aliphatic heterocycles. The zero-order valence-corrected chi connectivity index (χ0v) is 14.1. The smallest absolute Gasteiger partial charge is 0.410 e. The molecule has 1 aromatic carbocycles. The van der Waals surface area contributed by atoms with Gasteiger partial charge >= 0.3 is 6.09 Å². The van der Waals surface area contributed by atoms with Crippen LogP contribution in [-0.2, 0) is 11.2 Å². The summed E-state index contributed by atoms with van der Waals surface area (Å²) in [5, 5.41) is 0. The SMILES string of the molecule is CCc1ccc(C(N)C2CCN(C(=O)OC(C)(C)C)C2)cc1. The summed E-state index contributed by atoms with van der Waals surface area (Å²) in [7, 11) is 0. The van der Waals surface area contributed by atoms with Crippen LogP contribution in [0.25, 0.3) is 0 Å². The van der Waals surface area contributed by atoms with Crippen LogP contribution in [0.15, 0.2) is 24.3 Å². The Morgan fingerprint density at radius 1 is 1.36 bits per heavy atom. The molecule has 0 aromatic heterocycles. The minimum absolute atomic E-state index is 0.0293. The summed E-state index contributed by atoms with van der Waals surface area (Å²) in [4.78, 5) is 13.9. The molecule has 0 spiro atoms. The Morgan fingerprint density at radius 3 is 2.55 bits per heavy atom. The number of likely N-dealkylation sites (tertiary alicyclic amines) is 1. The zero-order valence-electron chi connectivity index (χ0n) is 14.1. The van der Waals surface area contributed by atoms with Crippen LogP contribution in [0.5, 0.6) is 0 Å². The van der Waals surface area contributed by atoms with Crippen LogP contribution in [0.3, 0.4) is 0 Å². The van der Waals surface area contributed by atoms with Crippen molar-refractivity contribution in [3.8, 4) is 0 Å². The van der Waals surface area contributed by atoms with Crippen molar-refractivity contribution >= 4 is 6.09 Å². The third kappa shape index (κ3) is 4.23. The third-order valence-corrected chi connectivity index (χ3v) is 4.16. The number of nitrogens with two attached hydrogens (primary N) is 1. The predicted octanol–water partition coefficient (Wildman–Crippen LogP) is 3.51. The van der Waals surface area contributed by atoms with Crippen LogP contribution in [0.1, 0.15) is 51.3 Å². The van der Waals surface area contributed by atoms with Crippen LogP contribution >= 0.6 is 0 Å². The van der Waals surface area contributed by atoms with Gasteiger partial charge in [0.05, 0.1) is 0 Å².